The molecule has 0 saturated heterocycles. The van der Waals surface area contributed by atoms with Gasteiger partial charge in [-0.1, -0.05) is 36.4 Å². The highest BCUT2D eigenvalue weighted by Gasteiger charge is 2.18. The number of furan rings is 1. The van der Waals surface area contributed by atoms with Gasteiger partial charge in [0.2, 0.25) is 0 Å². The van der Waals surface area contributed by atoms with Gasteiger partial charge < -0.3 is 9.32 Å². The van der Waals surface area contributed by atoms with Gasteiger partial charge in [-0.15, -0.1) is 0 Å². The van der Waals surface area contributed by atoms with Crippen LogP contribution in [0, 0.1) is 12.7 Å². The summed E-state index contributed by atoms with van der Waals surface area (Å²) >= 11 is 0. The molecule has 0 aliphatic carbocycles. The third-order valence-corrected chi connectivity index (χ3v) is 3.97. The Morgan fingerprint density at radius 3 is 2.50 bits per heavy atom. The molecule has 122 valence electrons. The Labute approximate surface area is 140 Å². The van der Waals surface area contributed by atoms with E-state index in [9.17, 15) is 9.18 Å². The highest BCUT2D eigenvalue weighted by Crippen LogP contribution is 2.25. The smallest absolute Gasteiger partial charge is 0.289 e. The Balaban J connectivity index is 1.79. The van der Waals surface area contributed by atoms with E-state index in [2.05, 4.69) is 0 Å². The molecule has 0 fully saturated rings. The Morgan fingerprint density at radius 1 is 1.04 bits per heavy atom. The van der Waals surface area contributed by atoms with Crippen LogP contribution in [0.15, 0.2) is 65.1 Å². The lowest BCUT2D eigenvalue weighted by Crippen LogP contribution is -2.26. The number of benzene rings is 2. The van der Waals surface area contributed by atoms with E-state index in [0.29, 0.717) is 17.9 Å². The van der Waals surface area contributed by atoms with Crippen molar-refractivity contribution in [3.63, 3.8) is 0 Å². The second kappa shape index (κ2) is 6.71. The number of amides is 1. The van der Waals surface area contributed by atoms with Gasteiger partial charge in [-0.2, -0.15) is 0 Å². The van der Waals surface area contributed by atoms with Gasteiger partial charge in [0, 0.05) is 13.6 Å². The van der Waals surface area contributed by atoms with E-state index in [1.807, 2.05) is 31.2 Å². The molecule has 1 amide bonds. The van der Waals surface area contributed by atoms with Crippen molar-refractivity contribution in [3.8, 4) is 11.3 Å². The Morgan fingerprint density at radius 2 is 1.75 bits per heavy atom. The molecular formula is C20H18FNO2. The molecule has 2 aromatic carbocycles. The van der Waals surface area contributed by atoms with Crippen molar-refractivity contribution in [2.24, 2.45) is 0 Å². The van der Waals surface area contributed by atoms with Crippen molar-refractivity contribution in [2.45, 2.75) is 13.5 Å². The monoisotopic (exact) mass is 323 g/mol. The summed E-state index contributed by atoms with van der Waals surface area (Å²) in [4.78, 5) is 14.1. The molecule has 0 radical (unpaired) electrons. The minimum Gasteiger partial charge on any atom is -0.451 e. The number of hydrogen-bond donors (Lipinski definition) is 0. The molecule has 0 saturated carbocycles. The normalized spacial score (nSPS) is 10.6. The van der Waals surface area contributed by atoms with Gasteiger partial charge in [-0.3, -0.25) is 4.79 Å². The molecule has 0 aliphatic heterocycles. The second-order valence-electron chi connectivity index (χ2n) is 5.73. The second-order valence-corrected chi connectivity index (χ2v) is 5.73. The Kier molecular flexibility index (Phi) is 4.47. The van der Waals surface area contributed by atoms with Crippen LogP contribution in [0.25, 0.3) is 11.3 Å². The number of halogens is 1. The van der Waals surface area contributed by atoms with Gasteiger partial charge in [0.1, 0.15) is 11.6 Å². The maximum absolute atomic E-state index is 13.8. The zero-order valence-electron chi connectivity index (χ0n) is 13.6. The average Bonchev–Trinajstić information content (AvgIpc) is 3.06. The molecule has 1 aromatic heterocycles. The summed E-state index contributed by atoms with van der Waals surface area (Å²) in [6, 6.07) is 17.5. The molecule has 0 N–H and O–H groups in total. The number of aryl methyl sites for hydroxylation is 1. The van der Waals surface area contributed by atoms with E-state index in [4.69, 9.17) is 4.42 Å². The quantitative estimate of drug-likeness (QED) is 0.699. The van der Waals surface area contributed by atoms with Gasteiger partial charge >= 0.3 is 0 Å². The van der Waals surface area contributed by atoms with Gasteiger partial charge in [-0.25, -0.2) is 4.39 Å². The fourth-order valence-electron chi connectivity index (χ4n) is 2.56. The molecular weight excluding hydrogens is 305 g/mol. The number of nitrogens with zero attached hydrogens (tertiary/aromatic N) is 1. The third kappa shape index (κ3) is 3.23. The number of rotatable bonds is 4. The maximum Gasteiger partial charge on any atom is 0.289 e. The van der Waals surface area contributed by atoms with E-state index in [1.165, 1.54) is 6.07 Å². The van der Waals surface area contributed by atoms with Crippen LogP contribution < -0.4 is 0 Å². The summed E-state index contributed by atoms with van der Waals surface area (Å²) in [5.74, 6) is -0.0648. The van der Waals surface area contributed by atoms with Gasteiger partial charge in [0.05, 0.1) is 5.56 Å². The summed E-state index contributed by atoms with van der Waals surface area (Å²) in [6.07, 6.45) is 0. The summed E-state index contributed by atoms with van der Waals surface area (Å²) in [5.41, 5.74) is 2.55. The minimum atomic E-state index is -0.376. The van der Waals surface area contributed by atoms with Crippen molar-refractivity contribution in [3.05, 3.63) is 83.4 Å². The lowest BCUT2D eigenvalue weighted by Gasteiger charge is -2.17. The van der Waals surface area contributed by atoms with Crippen LogP contribution in [-0.4, -0.2) is 17.9 Å². The van der Waals surface area contributed by atoms with Crippen LogP contribution in [0.2, 0.25) is 0 Å². The molecule has 0 bridgehead atoms. The predicted octanol–water partition coefficient (Wildman–Crippen LogP) is 4.67. The SMILES string of the molecule is Cc1ccccc1CN(C)C(=O)c1ccc(-c2ccccc2F)o1. The van der Waals surface area contributed by atoms with E-state index in [0.717, 1.165) is 11.1 Å². The largest absolute Gasteiger partial charge is 0.451 e. The van der Waals surface area contributed by atoms with E-state index in [-0.39, 0.29) is 17.5 Å². The summed E-state index contributed by atoms with van der Waals surface area (Å²) in [7, 11) is 1.72. The lowest BCUT2D eigenvalue weighted by molar-refractivity contribution is 0.0754. The Bertz CT molecular complexity index is 869. The van der Waals surface area contributed by atoms with Crippen molar-refractivity contribution in [2.75, 3.05) is 7.05 Å². The van der Waals surface area contributed by atoms with E-state index in [1.54, 1.807) is 42.3 Å². The van der Waals surface area contributed by atoms with Crippen LogP contribution in [0.5, 0.6) is 0 Å². The topological polar surface area (TPSA) is 33.5 Å². The highest BCUT2D eigenvalue weighted by molar-refractivity contribution is 5.92. The lowest BCUT2D eigenvalue weighted by atomic mass is 10.1. The van der Waals surface area contributed by atoms with Crippen molar-refractivity contribution in [1.82, 2.24) is 4.90 Å². The molecule has 24 heavy (non-hydrogen) atoms. The predicted molar refractivity (Wildman–Crippen MR) is 91.1 cm³/mol. The first kappa shape index (κ1) is 16.0. The molecule has 3 nitrogen and oxygen atoms in total. The van der Waals surface area contributed by atoms with Crippen LogP contribution in [-0.2, 0) is 6.54 Å². The first-order valence-electron chi connectivity index (χ1n) is 7.71. The number of carbonyl (C=O) groups excluding carboxylic acids is 1. The molecule has 3 rings (SSSR count). The standard InChI is InChI=1S/C20H18FNO2/c1-14-7-3-4-8-15(14)13-22(2)20(23)19-12-11-18(24-19)16-9-5-6-10-17(16)21/h3-12H,13H2,1-2H3. The van der Waals surface area contributed by atoms with Crippen LogP contribution in [0.1, 0.15) is 21.7 Å². The maximum atomic E-state index is 13.8. The highest BCUT2D eigenvalue weighted by atomic mass is 19.1. The molecule has 0 aliphatic rings. The van der Waals surface area contributed by atoms with E-state index >= 15 is 0 Å². The van der Waals surface area contributed by atoms with Crippen molar-refractivity contribution < 1.29 is 13.6 Å². The molecule has 1 heterocycles. The third-order valence-electron chi connectivity index (χ3n) is 3.97. The summed E-state index contributed by atoms with van der Waals surface area (Å²) in [6.45, 7) is 2.50. The first-order valence-corrected chi connectivity index (χ1v) is 7.71. The van der Waals surface area contributed by atoms with Crippen molar-refractivity contribution in [1.29, 1.82) is 0 Å². The fourth-order valence-corrected chi connectivity index (χ4v) is 2.56. The number of carbonyl (C=O) groups is 1. The fraction of sp³-hybridized carbons (Fsp3) is 0.150. The molecule has 4 heteroatoms. The van der Waals surface area contributed by atoms with Crippen molar-refractivity contribution >= 4 is 5.91 Å². The first-order chi connectivity index (χ1) is 11.6. The van der Waals surface area contributed by atoms with Crippen LogP contribution >= 0.6 is 0 Å². The number of hydrogen-bond acceptors (Lipinski definition) is 2. The molecule has 3 aromatic rings. The average molecular weight is 323 g/mol. The summed E-state index contributed by atoms with van der Waals surface area (Å²) in [5, 5.41) is 0. The molecule has 0 atom stereocenters. The van der Waals surface area contributed by atoms with Crippen LogP contribution in [0.4, 0.5) is 4.39 Å². The van der Waals surface area contributed by atoms with Gasteiger partial charge in [-0.05, 0) is 42.3 Å². The van der Waals surface area contributed by atoms with Crippen LogP contribution in [0.3, 0.4) is 0 Å². The zero-order chi connectivity index (χ0) is 17.1. The molecule has 0 unspecified atom stereocenters. The zero-order valence-corrected chi connectivity index (χ0v) is 13.6. The Hall–Kier alpha value is -2.88. The molecule has 0 spiro atoms. The minimum absolute atomic E-state index is 0.198. The van der Waals surface area contributed by atoms with E-state index < -0.39 is 0 Å². The van der Waals surface area contributed by atoms with Gasteiger partial charge in [0.25, 0.3) is 5.91 Å². The van der Waals surface area contributed by atoms with Gasteiger partial charge in [0.15, 0.2) is 5.76 Å². The summed E-state index contributed by atoms with van der Waals surface area (Å²) < 4.78 is 19.4.